The molecule has 8 nitrogen and oxygen atoms in total. The molecule has 0 aliphatic heterocycles. The number of anilines is 1. The Hall–Kier alpha value is -2.68. The van der Waals surface area contributed by atoms with Crippen LogP contribution in [0.2, 0.25) is 0 Å². The van der Waals surface area contributed by atoms with Crippen molar-refractivity contribution in [2.75, 3.05) is 5.32 Å². The van der Waals surface area contributed by atoms with Crippen LogP contribution in [-0.2, 0) is 7.05 Å². The van der Waals surface area contributed by atoms with Crippen molar-refractivity contribution < 1.29 is 0 Å². The van der Waals surface area contributed by atoms with Gasteiger partial charge in [0.1, 0.15) is 11.6 Å². The number of nitrogens with one attached hydrogen (secondary N) is 1. The van der Waals surface area contributed by atoms with Gasteiger partial charge in [0.05, 0.1) is 24.1 Å². The minimum absolute atomic E-state index is 0.0606. The second-order valence-corrected chi connectivity index (χ2v) is 6.85. The van der Waals surface area contributed by atoms with Crippen molar-refractivity contribution in [3.05, 3.63) is 36.4 Å². The average molecular weight is 358 g/mol. The van der Waals surface area contributed by atoms with Gasteiger partial charge in [-0.2, -0.15) is 9.47 Å². The lowest BCUT2D eigenvalue weighted by Gasteiger charge is -2.14. The van der Waals surface area contributed by atoms with Crippen molar-refractivity contribution >= 4 is 22.9 Å². The number of rotatable bonds is 6. The Balaban J connectivity index is 1.89. The van der Waals surface area contributed by atoms with Crippen LogP contribution in [0.5, 0.6) is 0 Å². The molecular formula is C16H22N8S. The summed E-state index contributed by atoms with van der Waals surface area (Å²) in [6.45, 7) is 6.19. The molecule has 1 atom stereocenters. The summed E-state index contributed by atoms with van der Waals surface area (Å²) in [5.74, 6) is 1.99. The predicted molar refractivity (Wildman–Crippen MR) is 100.0 cm³/mol. The van der Waals surface area contributed by atoms with Crippen LogP contribution in [0.3, 0.4) is 0 Å². The zero-order chi connectivity index (χ0) is 18.0. The third-order valence-corrected chi connectivity index (χ3v) is 4.41. The van der Waals surface area contributed by atoms with E-state index < -0.39 is 0 Å². The monoisotopic (exact) mass is 358 g/mol. The molecule has 0 radical (unpaired) electrons. The van der Waals surface area contributed by atoms with Crippen molar-refractivity contribution in [2.45, 2.75) is 32.7 Å². The molecule has 0 spiro atoms. The average Bonchev–Trinajstić information content (AvgIpc) is 3.27. The highest BCUT2D eigenvalue weighted by Gasteiger charge is 2.18. The number of aryl methyl sites for hydroxylation is 1. The Morgan fingerprint density at radius 3 is 2.68 bits per heavy atom. The fourth-order valence-electron chi connectivity index (χ4n) is 2.48. The molecule has 0 aliphatic rings. The van der Waals surface area contributed by atoms with E-state index >= 15 is 0 Å². The van der Waals surface area contributed by atoms with E-state index in [4.69, 9.17) is 5.73 Å². The van der Waals surface area contributed by atoms with Gasteiger partial charge in [0.15, 0.2) is 0 Å². The van der Waals surface area contributed by atoms with Crippen molar-refractivity contribution in [2.24, 2.45) is 12.8 Å². The number of hydrogen-bond donors (Lipinski definition) is 2. The summed E-state index contributed by atoms with van der Waals surface area (Å²) in [6, 6.07) is -0.0606. The largest absolute Gasteiger partial charge is 0.403 e. The van der Waals surface area contributed by atoms with E-state index in [9.17, 15) is 0 Å². The summed E-state index contributed by atoms with van der Waals surface area (Å²) in [5.41, 5.74) is 7.55. The summed E-state index contributed by atoms with van der Waals surface area (Å²) >= 11 is 1.36. The first-order valence-electron chi connectivity index (χ1n) is 8.04. The first-order chi connectivity index (χ1) is 12.0. The van der Waals surface area contributed by atoms with Crippen LogP contribution < -0.4 is 11.1 Å². The van der Waals surface area contributed by atoms with E-state index in [2.05, 4.69) is 38.6 Å². The van der Waals surface area contributed by atoms with Gasteiger partial charge < -0.3 is 11.1 Å². The minimum atomic E-state index is -0.0606. The fourth-order valence-corrected chi connectivity index (χ4v) is 3.28. The molecule has 3 aromatic rings. The molecular weight excluding hydrogens is 336 g/mol. The van der Waals surface area contributed by atoms with E-state index in [1.165, 1.54) is 17.7 Å². The Morgan fingerprint density at radius 2 is 2.08 bits per heavy atom. The molecule has 25 heavy (non-hydrogen) atoms. The summed E-state index contributed by atoms with van der Waals surface area (Å²) in [5, 5.41) is 8.37. The standard InChI is InChI=1S/C16H22N8S/c1-10(2)14-21-16(25-22-14)20-11(3)15-18-8-13(24(15)6-5-17)12-7-19-23(4)9-12/h5-11H,17H2,1-4H3,(H,20,21,22)/b6-5-. The van der Waals surface area contributed by atoms with Gasteiger partial charge >= 0.3 is 0 Å². The summed E-state index contributed by atoms with van der Waals surface area (Å²) in [4.78, 5) is 9.09. The Kier molecular flexibility index (Phi) is 4.84. The molecule has 3 heterocycles. The molecule has 9 heteroatoms. The number of imidazole rings is 1. The van der Waals surface area contributed by atoms with E-state index in [1.54, 1.807) is 17.1 Å². The minimum Gasteiger partial charge on any atom is -0.403 e. The van der Waals surface area contributed by atoms with Crippen molar-refractivity contribution in [3.8, 4) is 11.3 Å². The molecule has 0 aliphatic carbocycles. The second-order valence-electron chi connectivity index (χ2n) is 6.09. The van der Waals surface area contributed by atoms with Gasteiger partial charge in [-0.15, -0.1) is 0 Å². The van der Waals surface area contributed by atoms with E-state index in [-0.39, 0.29) is 6.04 Å². The Labute approximate surface area is 150 Å². The van der Waals surface area contributed by atoms with E-state index in [1.807, 2.05) is 30.9 Å². The van der Waals surface area contributed by atoms with Gasteiger partial charge in [0.25, 0.3) is 0 Å². The molecule has 3 rings (SSSR count). The second kappa shape index (κ2) is 7.06. The number of aromatic nitrogens is 6. The van der Waals surface area contributed by atoms with Crippen LogP contribution >= 0.6 is 11.5 Å². The highest BCUT2D eigenvalue weighted by Crippen LogP contribution is 2.27. The van der Waals surface area contributed by atoms with Gasteiger partial charge in [0.2, 0.25) is 5.13 Å². The highest BCUT2D eigenvalue weighted by molar-refractivity contribution is 7.09. The first kappa shape index (κ1) is 17.2. The zero-order valence-corrected chi connectivity index (χ0v) is 15.5. The molecule has 0 bridgehead atoms. The van der Waals surface area contributed by atoms with E-state index in [0.717, 1.165) is 28.0 Å². The Morgan fingerprint density at radius 1 is 1.28 bits per heavy atom. The summed E-state index contributed by atoms with van der Waals surface area (Å²) < 4.78 is 8.09. The van der Waals surface area contributed by atoms with Gasteiger partial charge in [-0.1, -0.05) is 13.8 Å². The molecule has 0 fully saturated rings. The van der Waals surface area contributed by atoms with Gasteiger partial charge in [-0.3, -0.25) is 9.25 Å². The van der Waals surface area contributed by atoms with Crippen LogP contribution in [0.25, 0.3) is 17.5 Å². The van der Waals surface area contributed by atoms with Gasteiger partial charge in [-0.25, -0.2) is 9.97 Å². The van der Waals surface area contributed by atoms with Crippen LogP contribution in [0.4, 0.5) is 5.13 Å². The highest BCUT2D eigenvalue weighted by atomic mass is 32.1. The van der Waals surface area contributed by atoms with Gasteiger partial charge in [-0.05, 0) is 6.92 Å². The Bertz CT molecular complexity index is 872. The lowest BCUT2D eigenvalue weighted by Crippen LogP contribution is -2.12. The number of hydrogen-bond acceptors (Lipinski definition) is 7. The lowest BCUT2D eigenvalue weighted by atomic mass is 10.2. The molecule has 1 unspecified atom stereocenters. The predicted octanol–water partition coefficient (Wildman–Crippen LogP) is 2.82. The first-order valence-corrected chi connectivity index (χ1v) is 8.81. The van der Waals surface area contributed by atoms with Crippen molar-refractivity contribution in [3.63, 3.8) is 0 Å². The molecule has 3 aromatic heterocycles. The molecule has 3 N–H and O–H groups in total. The molecule has 132 valence electrons. The molecule has 0 saturated carbocycles. The maximum atomic E-state index is 5.64. The smallest absolute Gasteiger partial charge is 0.203 e. The summed E-state index contributed by atoms with van der Waals surface area (Å²) in [6.07, 6.45) is 8.87. The lowest BCUT2D eigenvalue weighted by molar-refractivity contribution is 0.766. The number of nitrogens with zero attached hydrogens (tertiary/aromatic N) is 6. The maximum absolute atomic E-state index is 5.64. The molecule has 0 aromatic carbocycles. The van der Waals surface area contributed by atoms with Crippen LogP contribution in [-0.4, -0.2) is 28.7 Å². The van der Waals surface area contributed by atoms with Crippen molar-refractivity contribution in [1.29, 1.82) is 0 Å². The maximum Gasteiger partial charge on any atom is 0.203 e. The van der Waals surface area contributed by atoms with Crippen LogP contribution in [0, 0.1) is 0 Å². The fraction of sp³-hybridized carbons (Fsp3) is 0.375. The summed E-state index contributed by atoms with van der Waals surface area (Å²) in [7, 11) is 1.88. The third kappa shape index (κ3) is 3.55. The van der Waals surface area contributed by atoms with Crippen LogP contribution in [0.15, 0.2) is 24.8 Å². The SMILES string of the molecule is CC(C)c1nsc(NC(C)c2ncc(-c3cnn(C)c3)n2/C=C\N)n1. The number of nitrogens with two attached hydrogens (primary N) is 1. The molecule has 0 amide bonds. The van der Waals surface area contributed by atoms with E-state index in [0.29, 0.717) is 5.92 Å². The quantitative estimate of drug-likeness (QED) is 0.703. The topological polar surface area (TPSA) is 99.5 Å². The van der Waals surface area contributed by atoms with Crippen molar-refractivity contribution in [1.82, 2.24) is 28.7 Å². The zero-order valence-electron chi connectivity index (χ0n) is 14.7. The normalized spacial score (nSPS) is 13.0. The van der Waals surface area contributed by atoms with Gasteiger partial charge in [0, 0.05) is 48.7 Å². The third-order valence-electron chi connectivity index (χ3n) is 3.75. The molecule has 0 saturated heterocycles. The van der Waals surface area contributed by atoms with Crippen LogP contribution in [0.1, 0.15) is 44.4 Å².